The maximum Gasteiger partial charge on any atom is 0.264 e. The Morgan fingerprint density at radius 3 is 2.81 bits per heavy atom. The molecule has 1 aromatic carbocycles. The van der Waals surface area contributed by atoms with Crippen molar-refractivity contribution < 1.29 is 4.79 Å². The van der Waals surface area contributed by atoms with E-state index in [1.165, 1.54) is 11.3 Å². The van der Waals surface area contributed by atoms with Gasteiger partial charge in [-0.1, -0.05) is 23.7 Å². The van der Waals surface area contributed by atoms with Crippen LogP contribution in [0.1, 0.15) is 27.9 Å². The molecular weight excluding hydrogens is 403 g/mol. The fourth-order valence-electron chi connectivity index (χ4n) is 3.37. The minimum absolute atomic E-state index is 0. The number of hydrogen-bond donors (Lipinski definition) is 1. The number of nitrogens with one attached hydrogen (secondary N) is 1. The van der Waals surface area contributed by atoms with Crippen LogP contribution in [-0.2, 0) is 6.54 Å². The number of aryl methyl sites for hydroxylation is 1. The Morgan fingerprint density at radius 2 is 2.11 bits per heavy atom. The Kier molecular flexibility index (Phi) is 6.11. The molecule has 3 heterocycles. The lowest BCUT2D eigenvalue weighted by atomic mass is 10.2. The summed E-state index contributed by atoms with van der Waals surface area (Å²) >= 11 is 7.50. The van der Waals surface area contributed by atoms with E-state index in [9.17, 15) is 4.79 Å². The third kappa shape index (κ3) is 3.99. The standard InChI is InChI=1S/C19H21ClN4OS.ClH/c1-12-10-21-7-8-23(12)18(25)17-9-16-13(2)22-24(19(16)26-17)11-14-3-5-15(20)6-4-14;/h3-6,9,12,21H,7-8,10-11H2,1-2H3;1H/t12-;/m0./s1. The van der Waals surface area contributed by atoms with Crippen LogP contribution in [0, 0.1) is 6.92 Å². The summed E-state index contributed by atoms with van der Waals surface area (Å²) in [7, 11) is 0. The van der Waals surface area contributed by atoms with E-state index in [1.807, 2.05) is 46.8 Å². The van der Waals surface area contributed by atoms with Crippen LogP contribution in [0.5, 0.6) is 0 Å². The molecular formula is C19H22Cl2N4OS. The predicted octanol–water partition coefficient (Wildman–Crippen LogP) is 3.96. The summed E-state index contributed by atoms with van der Waals surface area (Å²) in [5, 5.41) is 9.77. The molecule has 144 valence electrons. The number of carbonyl (C=O) groups is 1. The first kappa shape index (κ1) is 20.1. The second-order valence-corrected chi connectivity index (χ2v) is 8.22. The molecule has 27 heavy (non-hydrogen) atoms. The molecule has 0 saturated carbocycles. The Labute approximate surface area is 173 Å². The van der Waals surface area contributed by atoms with E-state index in [4.69, 9.17) is 11.6 Å². The summed E-state index contributed by atoms with van der Waals surface area (Å²) in [6.07, 6.45) is 0. The molecule has 0 unspecified atom stereocenters. The highest BCUT2D eigenvalue weighted by Gasteiger charge is 2.26. The van der Waals surface area contributed by atoms with Crippen molar-refractivity contribution >= 4 is 51.5 Å². The van der Waals surface area contributed by atoms with E-state index in [0.717, 1.165) is 51.0 Å². The summed E-state index contributed by atoms with van der Waals surface area (Å²) in [5.41, 5.74) is 2.09. The van der Waals surface area contributed by atoms with E-state index < -0.39 is 0 Å². The quantitative estimate of drug-likeness (QED) is 0.691. The molecule has 0 radical (unpaired) electrons. The van der Waals surface area contributed by atoms with Crippen molar-refractivity contribution in [3.8, 4) is 0 Å². The largest absolute Gasteiger partial charge is 0.333 e. The number of fused-ring (bicyclic) bond motifs is 1. The van der Waals surface area contributed by atoms with Crippen LogP contribution in [0.4, 0.5) is 0 Å². The Bertz CT molecular complexity index is 951. The number of thiophene rings is 1. The van der Waals surface area contributed by atoms with Gasteiger partial charge >= 0.3 is 0 Å². The zero-order chi connectivity index (χ0) is 18.3. The fraction of sp³-hybridized carbons (Fsp3) is 0.368. The molecule has 1 saturated heterocycles. The van der Waals surface area contributed by atoms with Gasteiger partial charge in [0, 0.05) is 36.1 Å². The topological polar surface area (TPSA) is 50.2 Å². The molecule has 1 atom stereocenters. The SMILES string of the molecule is Cc1nn(Cc2ccc(Cl)cc2)c2sc(C(=O)N3CCNC[C@@H]3C)cc12.Cl. The van der Waals surface area contributed by atoms with E-state index >= 15 is 0 Å². The predicted molar refractivity (Wildman–Crippen MR) is 114 cm³/mol. The van der Waals surface area contributed by atoms with Gasteiger partial charge in [-0.2, -0.15) is 5.10 Å². The maximum atomic E-state index is 13.0. The number of nitrogens with zero attached hydrogens (tertiary/aromatic N) is 3. The van der Waals surface area contributed by atoms with Crippen LogP contribution in [0.25, 0.3) is 10.2 Å². The number of amides is 1. The third-order valence-electron chi connectivity index (χ3n) is 4.83. The van der Waals surface area contributed by atoms with Crippen LogP contribution < -0.4 is 5.32 Å². The van der Waals surface area contributed by atoms with E-state index in [2.05, 4.69) is 17.3 Å². The second kappa shape index (κ2) is 8.19. The number of halogens is 2. The highest BCUT2D eigenvalue weighted by atomic mass is 35.5. The summed E-state index contributed by atoms with van der Waals surface area (Å²) in [6.45, 7) is 7.20. The van der Waals surface area contributed by atoms with Crippen molar-refractivity contribution in [2.45, 2.75) is 26.4 Å². The molecule has 4 rings (SSSR count). The molecule has 2 aromatic heterocycles. The number of carbonyl (C=O) groups excluding carboxylic acids is 1. The fourth-order valence-corrected chi connectivity index (χ4v) is 4.62. The highest BCUT2D eigenvalue weighted by Crippen LogP contribution is 2.30. The van der Waals surface area contributed by atoms with Gasteiger partial charge in [-0.05, 0) is 37.6 Å². The van der Waals surface area contributed by atoms with E-state index in [1.54, 1.807) is 0 Å². The van der Waals surface area contributed by atoms with Crippen molar-refractivity contribution in [3.05, 3.63) is 51.5 Å². The molecule has 5 nitrogen and oxygen atoms in total. The minimum atomic E-state index is 0. The van der Waals surface area contributed by atoms with Gasteiger partial charge in [-0.3, -0.25) is 9.48 Å². The molecule has 1 fully saturated rings. The molecule has 0 spiro atoms. The molecule has 3 aromatic rings. The van der Waals surface area contributed by atoms with Crippen LogP contribution in [-0.4, -0.2) is 46.3 Å². The number of piperazine rings is 1. The van der Waals surface area contributed by atoms with Gasteiger partial charge in [0.05, 0.1) is 17.1 Å². The zero-order valence-electron chi connectivity index (χ0n) is 15.2. The average molecular weight is 425 g/mol. The number of benzene rings is 1. The van der Waals surface area contributed by atoms with Gasteiger partial charge in [0.15, 0.2) is 0 Å². The lowest BCUT2D eigenvalue weighted by Crippen LogP contribution is -2.52. The van der Waals surface area contributed by atoms with Crippen molar-refractivity contribution in [3.63, 3.8) is 0 Å². The van der Waals surface area contributed by atoms with Gasteiger partial charge in [0.25, 0.3) is 5.91 Å². The van der Waals surface area contributed by atoms with Gasteiger partial charge in [-0.25, -0.2) is 0 Å². The Hall–Kier alpha value is -1.60. The van der Waals surface area contributed by atoms with Gasteiger partial charge in [0.1, 0.15) is 4.83 Å². The monoisotopic (exact) mass is 424 g/mol. The molecule has 1 aliphatic heterocycles. The minimum Gasteiger partial charge on any atom is -0.333 e. The van der Waals surface area contributed by atoms with Gasteiger partial charge < -0.3 is 10.2 Å². The zero-order valence-corrected chi connectivity index (χ0v) is 17.6. The normalized spacial score (nSPS) is 17.1. The summed E-state index contributed by atoms with van der Waals surface area (Å²) in [5.74, 6) is 0.123. The first-order valence-corrected chi connectivity index (χ1v) is 9.95. The second-order valence-electron chi connectivity index (χ2n) is 6.75. The van der Waals surface area contributed by atoms with Crippen LogP contribution in [0.2, 0.25) is 5.02 Å². The lowest BCUT2D eigenvalue weighted by molar-refractivity contribution is 0.0661. The Balaban J connectivity index is 0.00000210. The number of hydrogen-bond acceptors (Lipinski definition) is 4. The summed E-state index contributed by atoms with van der Waals surface area (Å²) < 4.78 is 1.98. The average Bonchev–Trinajstić information content (AvgIpc) is 3.19. The van der Waals surface area contributed by atoms with Crippen LogP contribution >= 0.6 is 35.3 Å². The number of aromatic nitrogens is 2. The molecule has 1 amide bonds. The molecule has 1 aliphatic rings. The summed E-state index contributed by atoms with van der Waals surface area (Å²) in [6, 6.07) is 10.0. The van der Waals surface area contributed by atoms with Crippen LogP contribution in [0.15, 0.2) is 30.3 Å². The Morgan fingerprint density at radius 1 is 1.37 bits per heavy atom. The molecule has 0 aliphatic carbocycles. The highest BCUT2D eigenvalue weighted by molar-refractivity contribution is 7.20. The third-order valence-corrected chi connectivity index (χ3v) is 6.21. The van der Waals surface area contributed by atoms with E-state index in [0.29, 0.717) is 6.54 Å². The first-order valence-electron chi connectivity index (χ1n) is 8.76. The van der Waals surface area contributed by atoms with E-state index in [-0.39, 0.29) is 24.4 Å². The van der Waals surface area contributed by atoms with Crippen molar-refractivity contribution in [2.24, 2.45) is 0 Å². The summed E-state index contributed by atoms with van der Waals surface area (Å²) in [4.78, 5) is 16.8. The molecule has 0 bridgehead atoms. The van der Waals surface area contributed by atoms with Crippen molar-refractivity contribution in [1.29, 1.82) is 0 Å². The van der Waals surface area contributed by atoms with Gasteiger partial charge in [-0.15, -0.1) is 23.7 Å². The van der Waals surface area contributed by atoms with Crippen LogP contribution in [0.3, 0.4) is 0 Å². The maximum absolute atomic E-state index is 13.0. The number of rotatable bonds is 3. The first-order chi connectivity index (χ1) is 12.5. The molecule has 8 heteroatoms. The van der Waals surface area contributed by atoms with Crippen molar-refractivity contribution in [1.82, 2.24) is 20.0 Å². The molecule has 1 N–H and O–H groups in total. The van der Waals surface area contributed by atoms with Crippen molar-refractivity contribution in [2.75, 3.05) is 19.6 Å². The smallest absolute Gasteiger partial charge is 0.264 e. The van der Waals surface area contributed by atoms with Gasteiger partial charge in [0.2, 0.25) is 0 Å². The lowest BCUT2D eigenvalue weighted by Gasteiger charge is -2.33.